The van der Waals surface area contributed by atoms with Crippen LogP contribution >= 0.6 is 0 Å². The number of nitrogens with zero attached hydrogens (tertiary/aromatic N) is 1. The molecular weight excluding hydrogens is 272 g/mol. The number of amides is 1. The number of carbonyl (C=O) groups excluding carboxylic acids is 1. The van der Waals surface area contributed by atoms with Gasteiger partial charge in [0.2, 0.25) is 5.91 Å². The van der Waals surface area contributed by atoms with Crippen molar-refractivity contribution in [2.24, 2.45) is 0 Å². The number of hydrogen-bond donors (Lipinski definition) is 1. The first kappa shape index (κ1) is 15.8. The fourth-order valence-corrected chi connectivity index (χ4v) is 2.36. The van der Waals surface area contributed by atoms with Gasteiger partial charge >= 0.3 is 0 Å². The van der Waals surface area contributed by atoms with Crippen molar-refractivity contribution in [2.45, 2.75) is 13.3 Å². The summed E-state index contributed by atoms with van der Waals surface area (Å²) in [6.07, 6.45) is 2.68. The highest BCUT2D eigenvalue weighted by atomic mass is 16.2. The number of carbonyl (C=O) groups is 1. The van der Waals surface area contributed by atoms with Crippen molar-refractivity contribution in [1.29, 1.82) is 0 Å². The van der Waals surface area contributed by atoms with Crippen LogP contribution in [0.25, 0.3) is 0 Å². The predicted molar refractivity (Wildman–Crippen MR) is 93.3 cm³/mol. The third-order valence-corrected chi connectivity index (χ3v) is 3.51. The number of para-hydroxylation sites is 2. The topological polar surface area (TPSA) is 32.3 Å². The lowest BCUT2D eigenvalue weighted by Crippen LogP contribution is -2.35. The van der Waals surface area contributed by atoms with E-state index in [1.165, 1.54) is 5.56 Å². The van der Waals surface area contributed by atoms with E-state index in [1.807, 2.05) is 48.5 Å². The van der Waals surface area contributed by atoms with E-state index >= 15 is 0 Å². The second-order valence-electron chi connectivity index (χ2n) is 4.99. The molecule has 0 bridgehead atoms. The van der Waals surface area contributed by atoms with Gasteiger partial charge in [0.15, 0.2) is 0 Å². The van der Waals surface area contributed by atoms with E-state index in [4.69, 9.17) is 0 Å². The third-order valence-electron chi connectivity index (χ3n) is 3.51. The highest BCUT2D eigenvalue weighted by Gasteiger charge is 2.14. The van der Waals surface area contributed by atoms with Crippen LogP contribution in [0.4, 0.5) is 11.4 Å². The molecule has 0 aliphatic carbocycles. The summed E-state index contributed by atoms with van der Waals surface area (Å²) in [6, 6.07) is 17.7. The Balaban J connectivity index is 2.07. The maximum Gasteiger partial charge on any atom is 0.246 e. The van der Waals surface area contributed by atoms with Crippen molar-refractivity contribution in [2.75, 3.05) is 23.3 Å². The average Bonchev–Trinajstić information content (AvgIpc) is 2.58. The molecule has 3 nitrogen and oxygen atoms in total. The van der Waals surface area contributed by atoms with E-state index in [0.29, 0.717) is 6.54 Å². The first-order chi connectivity index (χ1) is 10.8. The van der Waals surface area contributed by atoms with Crippen molar-refractivity contribution < 1.29 is 4.79 Å². The molecule has 0 aliphatic rings. The van der Waals surface area contributed by atoms with Gasteiger partial charge in [0, 0.05) is 17.9 Å². The molecule has 0 atom stereocenters. The average molecular weight is 294 g/mol. The quantitative estimate of drug-likeness (QED) is 0.786. The van der Waals surface area contributed by atoms with Gasteiger partial charge in [-0.2, -0.15) is 0 Å². The summed E-state index contributed by atoms with van der Waals surface area (Å²) >= 11 is 0. The van der Waals surface area contributed by atoms with E-state index in [0.717, 1.165) is 17.8 Å². The van der Waals surface area contributed by atoms with Crippen LogP contribution < -0.4 is 10.2 Å². The standard InChI is InChI=1S/C19H22N2O/c1-3-14-21(17-11-6-5-7-12-17)19(22)15-20-18-13-9-8-10-16(18)4-2/h3,5-13,20H,1,4,14-15H2,2H3. The summed E-state index contributed by atoms with van der Waals surface area (Å²) in [5.41, 5.74) is 3.12. The van der Waals surface area contributed by atoms with Crippen LogP contribution in [0.5, 0.6) is 0 Å². The van der Waals surface area contributed by atoms with Gasteiger partial charge in [-0.15, -0.1) is 6.58 Å². The van der Waals surface area contributed by atoms with Crippen molar-refractivity contribution >= 4 is 17.3 Å². The van der Waals surface area contributed by atoms with Crippen LogP contribution in [0.15, 0.2) is 67.3 Å². The summed E-state index contributed by atoms with van der Waals surface area (Å²) in [7, 11) is 0. The fourth-order valence-electron chi connectivity index (χ4n) is 2.36. The summed E-state index contributed by atoms with van der Waals surface area (Å²) < 4.78 is 0. The van der Waals surface area contributed by atoms with Gasteiger partial charge in [-0.05, 0) is 30.2 Å². The number of hydrogen-bond acceptors (Lipinski definition) is 2. The van der Waals surface area contributed by atoms with E-state index in [1.54, 1.807) is 11.0 Å². The van der Waals surface area contributed by atoms with Crippen LogP contribution in [0.3, 0.4) is 0 Å². The van der Waals surface area contributed by atoms with Crippen molar-refractivity contribution in [3.05, 3.63) is 72.8 Å². The molecule has 0 aliphatic heterocycles. The van der Waals surface area contributed by atoms with Gasteiger partial charge < -0.3 is 10.2 Å². The van der Waals surface area contributed by atoms with E-state index in [9.17, 15) is 4.79 Å². The SMILES string of the molecule is C=CCN(C(=O)CNc1ccccc1CC)c1ccccc1. The van der Waals surface area contributed by atoms with Crippen LogP contribution in [-0.2, 0) is 11.2 Å². The molecule has 2 aromatic carbocycles. The maximum absolute atomic E-state index is 12.5. The largest absolute Gasteiger partial charge is 0.376 e. The Morgan fingerprint density at radius 2 is 1.82 bits per heavy atom. The lowest BCUT2D eigenvalue weighted by Gasteiger charge is -2.22. The Hall–Kier alpha value is -2.55. The van der Waals surface area contributed by atoms with Gasteiger partial charge in [-0.25, -0.2) is 0 Å². The fraction of sp³-hybridized carbons (Fsp3) is 0.211. The molecule has 0 spiro atoms. The number of benzene rings is 2. The van der Waals surface area contributed by atoms with Crippen molar-refractivity contribution in [3.8, 4) is 0 Å². The first-order valence-electron chi connectivity index (χ1n) is 7.54. The minimum Gasteiger partial charge on any atom is -0.376 e. The summed E-state index contributed by atoms with van der Waals surface area (Å²) in [5, 5.41) is 3.25. The Morgan fingerprint density at radius 1 is 1.14 bits per heavy atom. The minimum atomic E-state index is 0.0250. The highest BCUT2D eigenvalue weighted by Crippen LogP contribution is 2.17. The van der Waals surface area contributed by atoms with Crippen LogP contribution in [0, 0.1) is 0 Å². The van der Waals surface area contributed by atoms with Crippen LogP contribution in [0.1, 0.15) is 12.5 Å². The second-order valence-corrected chi connectivity index (χ2v) is 4.99. The van der Waals surface area contributed by atoms with E-state index in [2.05, 4.69) is 24.9 Å². The zero-order chi connectivity index (χ0) is 15.8. The van der Waals surface area contributed by atoms with E-state index < -0.39 is 0 Å². The summed E-state index contributed by atoms with van der Waals surface area (Å²) in [4.78, 5) is 14.3. The maximum atomic E-state index is 12.5. The van der Waals surface area contributed by atoms with Gasteiger partial charge in [-0.3, -0.25) is 4.79 Å². The molecular formula is C19H22N2O. The Bertz CT molecular complexity index is 622. The molecule has 0 fully saturated rings. The zero-order valence-electron chi connectivity index (χ0n) is 13.0. The molecule has 0 saturated carbocycles. The molecule has 114 valence electrons. The zero-order valence-corrected chi connectivity index (χ0v) is 13.0. The number of nitrogens with one attached hydrogen (secondary N) is 1. The Morgan fingerprint density at radius 3 is 2.50 bits per heavy atom. The minimum absolute atomic E-state index is 0.0250. The van der Waals surface area contributed by atoms with Gasteiger partial charge in [0.25, 0.3) is 0 Å². The molecule has 0 heterocycles. The molecule has 0 unspecified atom stereocenters. The number of rotatable bonds is 7. The van der Waals surface area contributed by atoms with Gasteiger partial charge in [-0.1, -0.05) is 49.4 Å². The van der Waals surface area contributed by atoms with Gasteiger partial charge in [0.1, 0.15) is 0 Å². The third kappa shape index (κ3) is 3.98. The van der Waals surface area contributed by atoms with E-state index in [-0.39, 0.29) is 12.5 Å². The molecule has 2 rings (SSSR count). The molecule has 0 saturated heterocycles. The molecule has 1 amide bonds. The lowest BCUT2D eigenvalue weighted by molar-refractivity contribution is -0.116. The van der Waals surface area contributed by atoms with Gasteiger partial charge in [0.05, 0.1) is 6.54 Å². The molecule has 0 aromatic heterocycles. The molecule has 3 heteroatoms. The number of anilines is 2. The monoisotopic (exact) mass is 294 g/mol. The summed E-state index contributed by atoms with van der Waals surface area (Å²) in [5.74, 6) is 0.0250. The van der Waals surface area contributed by atoms with Crippen molar-refractivity contribution in [1.82, 2.24) is 0 Å². The second kappa shape index (κ2) is 8.03. The predicted octanol–water partition coefficient (Wildman–Crippen LogP) is 3.88. The lowest BCUT2D eigenvalue weighted by atomic mass is 10.1. The first-order valence-corrected chi connectivity index (χ1v) is 7.54. The van der Waals surface area contributed by atoms with Crippen molar-refractivity contribution in [3.63, 3.8) is 0 Å². The Kier molecular flexibility index (Phi) is 5.78. The molecule has 2 aromatic rings. The molecule has 22 heavy (non-hydrogen) atoms. The number of aryl methyl sites for hydroxylation is 1. The van der Waals surface area contributed by atoms with Crippen LogP contribution in [0.2, 0.25) is 0 Å². The smallest absolute Gasteiger partial charge is 0.246 e. The highest BCUT2D eigenvalue weighted by molar-refractivity contribution is 5.96. The normalized spacial score (nSPS) is 10.0. The summed E-state index contributed by atoms with van der Waals surface area (Å²) in [6.45, 7) is 6.61. The Labute approximate surface area is 132 Å². The molecule has 0 radical (unpaired) electrons. The molecule has 1 N–H and O–H groups in total. The van der Waals surface area contributed by atoms with Crippen LogP contribution in [-0.4, -0.2) is 19.0 Å².